The standard InChI is InChI=1S/C20H24O6/c1-6-8(2)18(22)24-16-9(3)11-7-12-20(5,26-12)14(11)17-13(15(16)21)10(4)19(23)25-17/h6,12-17,21H,4,7H2,1-3,5H3/b8-6-/t12-,13+,14+,15-,16-,17+,20-/m1/s1. The van der Waals surface area contributed by atoms with Crippen LogP contribution >= 0.6 is 0 Å². The molecule has 26 heavy (non-hydrogen) atoms. The normalized spacial score (nSPS) is 44.1. The van der Waals surface area contributed by atoms with Gasteiger partial charge in [-0.25, -0.2) is 9.59 Å². The van der Waals surface area contributed by atoms with Crippen molar-refractivity contribution < 1.29 is 28.9 Å². The molecule has 0 spiro atoms. The van der Waals surface area contributed by atoms with Gasteiger partial charge in [0.25, 0.3) is 0 Å². The number of epoxide rings is 1. The maximum Gasteiger partial charge on any atom is 0.334 e. The van der Waals surface area contributed by atoms with Crippen molar-refractivity contribution in [1.29, 1.82) is 0 Å². The van der Waals surface area contributed by atoms with Crippen LogP contribution in [-0.4, -0.2) is 47.1 Å². The fourth-order valence-corrected chi connectivity index (χ4v) is 4.79. The summed E-state index contributed by atoms with van der Waals surface area (Å²) >= 11 is 0. The predicted molar refractivity (Wildman–Crippen MR) is 91.9 cm³/mol. The Morgan fingerprint density at radius 2 is 2.15 bits per heavy atom. The SMILES string of the molecule is C=C1C(=O)O[C@H]2[C@@H]1[C@@H](O)[C@H](OC(=O)/C(C)=C\C)C(C)=C1C[C@H]3O[C@@]3(C)[C@@H]12. The molecule has 0 aromatic heterocycles. The lowest BCUT2D eigenvalue weighted by atomic mass is 9.80. The zero-order chi connectivity index (χ0) is 19.0. The van der Waals surface area contributed by atoms with Gasteiger partial charge < -0.3 is 19.3 Å². The molecule has 0 unspecified atom stereocenters. The van der Waals surface area contributed by atoms with Crippen LogP contribution in [-0.2, 0) is 23.8 Å². The number of aliphatic hydroxyl groups excluding tert-OH is 1. The van der Waals surface area contributed by atoms with Gasteiger partial charge in [-0.15, -0.1) is 0 Å². The summed E-state index contributed by atoms with van der Waals surface area (Å²) in [4.78, 5) is 24.5. The van der Waals surface area contributed by atoms with E-state index in [9.17, 15) is 14.7 Å². The first-order valence-electron chi connectivity index (χ1n) is 8.99. The fourth-order valence-electron chi connectivity index (χ4n) is 4.79. The number of fused-ring (bicyclic) bond motifs is 5. The van der Waals surface area contributed by atoms with Crippen molar-refractivity contribution >= 4 is 11.9 Å². The van der Waals surface area contributed by atoms with E-state index in [2.05, 4.69) is 6.58 Å². The van der Waals surface area contributed by atoms with E-state index in [4.69, 9.17) is 14.2 Å². The van der Waals surface area contributed by atoms with Crippen molar-refractivity contribution in [2.24, 2.45) is 11.8 Å². The molecule has 0 aromatic carbocycles. The van der Waals surface area contributed by atoms with Crippen molar-refractivity contribution in [2.45, 2.75) is 64.1 Å². The molecule has 1 saturated carbocycles. The highest BCUT2D eigenvalue weighted by Gasteiger charge is 2.70. The molecule has 0 amide bonds. The van der Waals surface area contributed by atoms with Crippen LogP contribution < -0.4 is 0 Å². The Bertz CT molecular complexity index is 777. The van der Waals surface area contributed by atoms with Crippen molar-refractivity contribution in [1.82, 2.24) is 0 Å². The third-order valence-corrected chi connectivity index (χ3v) is 6.57. The highest BCUT2D eigenvalue weighted by molar-refractivity contribution is 5.91. The number of hydrogen-bond donors (Lipinski definition) is 1. The van der Waals surface area contributed by atoms with Crippen LogP contribution in [0, 0.1) is 11.8 Å². The van der Waals surface area contributed by atoms with Crippen molar-refractivity contribution in [3.05, 3.63) is 34.9 Å². The summed E-state index contributed by atoms with van der Waals surface area (Å²) in [5, 5.41) is 11.1. The maximum absolute atomic E-state index is 12.3. The molecule has 2 aliphatic carbocycles. The number of allylic oxidation sites excluding steroid dienone is 1. The summed E-state index contributed by atoms with van der Waals surface area (Å²) in [7, 11) is 0. The predicted octanol–water partition coefficient (Wildman–Crippen LogP) is 1.83. The molecule has 7 atom stereocenters. The lowest BCUT2D eigenvalue weighted by Crippen LogP contribution is -2.43. The summed E-state index contributed by atoms with van der Waals surface area (Å²) in [6.45, 7) is 11.1. The molecule has 0 bridgehead atoms. The van der Waals surface area contributed by atoms with Crippen molar-refractivity contribution in [2.75, 3.05) is 0 Å². The first-order valence-corrected chi connectivity index (χ1v) is 8.99. The largest absolute Gasteiger partial charge is 0.457 e. The molecule has 140 valence electrons. The van der Waals surface area contributed by atoms with E-state index >= 15 is 0 Å². The molecule has 0 radical (unpaired) electrons. The minimum Gasteiger partial charge on any atom is -0.457 e. The molecule has 4 aliphatic rings. The topological polar surface area (TPSA) is 85.4 Å². The Hall–Kier alpha value is -1.92. The average molecular weight is 360 g/mol. The van der Waals surface area contributed by atoms with E-state index in [0.29, 0.717) is 12.0 Å². The fraction of sp³-hybridized carbons (Fsp3) is 0.600. The highest BCUT2D eigenvalue weighted by Crippen LogP contribution is 2.62. The number of hydrogen-bond acceptors (Lipinski definition) is 6. The second kappa shape index (κ2) is 5.54. The van der Waals surface area contributed by atoms with Crippen LogP contribution in [0.1, 0.15) is 34.1 Å². The van der Waals surface area contributed by atoms with Gasteiger partial charge in [-0.2, -0.15) is 0 Å². The average Bonchev–Trinajstić information content (AvgIpc) is 3.06. The minimum atomic E-state index is -1.09. The maximum atomic E-state index is 12.3. The zero-order valence-corrected chi connectivity index (χ0v) is 15.4. The molecule has 6 heteroatoms. The highest BCUT2D eigenvalue weighted by atomic mass is 16.6. The van der Waals surface area contributed by atoms with Gasteiger partial charge in [0.15, 0.2) is 0 Å². The van der Waals surface area contributed by atoms with E-state index in [1.165, 1.54) is 0 Å². The van der Waals surface area contributed by atoms with Gasteiger partial charge in [-0.1, -0.05) is 18.2 Å². The van der Waals surface area contributed by atoms with E-state index < -0.39 is 41.8 Å². The number of esters is 2. The molecular weight excluding hydrogens is 336 g/mol. The molecule has 0 aromatic rings. The second-order valence-corrected chi connectivity index (χ2v) is 7.89. The van der Waals surface area contributed by atoms with Gasteiger partial charge in [0.2, 0.25) is 0 Å². The Labute approximate surface area is 152 Å². The van der Waals surface area contributed by atoms with Crippen LogP contribution in [0.15, 0.2) is 34.9 Å². The van der Waals surface area contributed by atoms with Crippen molar-refractivity contribution in [3.8, 4) is 0 Å². The Morgan fingerprint density at radius 1 is 1.46 bits per heavy atom. The smallest absolute Gasteiger partial charge is 0.334 e. The minimum absolute atomic E-state index is 0.0783. The van der Waals surface area contributed by atoms with Gasteiger partial charge in [-0.3, -0.25) is 0 Å². The molecule has 2 heterocycles. The summed E-state index contributed by atoms with van der Waals surface area (Å²) in [6, 6.07) is 0. The molecule has 2 aliphatic heterocycles. The number of carbonyl (C=O) groups excluding carboxylic acids is 2. The van der Waals surface area contributed by atoms with E-state index in [1.807, 2.05) is 13.8 Å². The van der Waals surface area contributed by atoms with Gasteiger partial charge in [-0.05, 0) is 39.7 Å². The third-order valence-electron chi connectivity index (χ3n) is 6.57. The Morgan fingerprint density at radius 3 is 2.81 bits per heavy atom. The van der Waals surface area contributed by atoms with Gasteiger partial charge in [0.1, 0.15) is 23.9 Å². The molecule has 4 rings (SSSR count). The first-order chi connectivity index (χ1) is 12.2. The van der Waals surface area contributed by atoms with Crippen LogP contribution in [0.5, 0.6) is 0 Å². The third kappa shape index (κ3) is 2.18. The monoisotopic (exact) mass is 360 g/mol. The Kier molecular flexibility index (Phi) is 3.72. The van der Waals surface area contributed by atoms with Crippen LogP contribution in [0.25, 0.3) is 0 Å². The molecule has 6 nitrogen and oxygen atoms in total. The summed E-state index contributed by atoms with van der Waals surface area (Å²) < 4.78 is 17.1. The van der Waals surface area contributed by atoms with Crippen LogP contribution in [0.2, 0.25) is 0 Å². The zero-order valence-electron chi connectivity index (χ0n) is 15.4. The number of aliphatic hydroxyl groups is 1. The lowest BCUT2D eigenvalue weighted by Gasteiger charge is -2.29. The van der Waals surface area contributed by atoms with Crippen LogP contribution in [0.3, 0.4) is 0 Å². The summed E-state index contributed by atoms with van der Waals surface area (Å²) in [5.74, 6) is -1.75. The number of carbonyl (C=O) groups is 2. The summed E-state index contributed by atoms with van der Waals surface area (Å²) in [6.07, 6.45) is -0.0265. The quantitative estimate of drug-likeness (QED) is 0.350. The van der Waals surface area contributed by atoms with Crippen LogP contribution in [0.4, 0.5) is 0 Å². The second-order valence-electron chi connectivity index (χ2n) is 7.89. The first kappa shape index (κ1) is 17.5. The lowest BCUT2D eigenvalue weighted by molar-refractivity contribution is -0.151. The van der Waals surface area contributed by atoms with E-state index in [-0.39, 0.29) is 17.6 Å². The van der Waals surface area contributed by atoms with Crippen molar-refractivity contribution in [3.63, 3.8) is 0 Å². The van der Waals surface area contributed by atoms with Gasteiger partial charge in [0, 0.05) is 17.1 Å². The van der Waals surface area contributed by atoms with Gasteiger partial charge >= 0.3 is 11.9 Å². The Balaban J connectivity index is 1.78. The number of rotatable bonds is 2. The summed E-state index contributed by atoms with van der Waals surface area (Å²) in [5.41, 5.74) is 2.19. The molecule has 1 N–H and O–H groups in total. The number of ether oxygens (including phenoxy) is 3. The molecule has 3 fully saturated rings. The van der Waals surface area contributed by atoms with Gasteiger partial charge in [0.05, 0.1) is 12.0 Å². The van der Waals surface area contributed by atoms with E-state index in [1.54, 1.807) is 19.9 Å². The molecule has 2 saturated heterocycles. The molecular formula is C20H24O6. The van der Waals surface area contributed by atoms with E-state index in [0.717, 1.165) is 11.1 Å².